The van der Waals surface area contributed by atoms with Gasteiger partial charge in [-0.1, -0.05) is 0 Å². The highest BCUT2D eigenvalue weighted by Gasteiger charge is 2.22. The zero-order valence-electron chi connectivity index (χ0n) is 9.84. The van der Waals surface area contributed by atoms with Crippen LogP contribution in [0.5, 0.6) is 0 Å². The molecule has 1 unspecified atom stereocenters. The molecule has 94 valence electrons. The van der Waals surface area contributed by atoms with Crippen LogP contribution in [0.3, 0.4) is 0 Å². The van der Waals surface area contributed by atoms with Crippen LogP contribution >= 0.6 is 12.4 Å². The highest BCUT2D eigenvalue weighted by atomic mass is 35.5. The van der Waals surface area contributed by atoms with Gasteiger partial charge in [0.2, 0.25) is 5.91 Å². The van der Waals surface area contributed by atoms with Gasteiger partial charge >= 0.3 is 0 Å². The summed E-state index contributed by atoms with van der Waals surface area (Å²) in [5, 5.41) is 6.43. The molecule has 0 spiro atoms. The first kappa shape index (κ1) is 13.8. The van der Waals surface area contributed by atoms with E-state index < -0.39 is 0 Å². The lowest BCUT2D eigenvalue weighted by Crippen LogP contribution is -2.27. The first-order valence-corrected chi connectivity index (χ1v) is 6.32. The molecule has 1 heterocycles. The number of carbonyl (C=O) groups excluding carboxylic acids is 1. The van der Waals surface area contributed by atoms with Gasteiger partial charge in [-0.3, -0.25) is 4.79 Å². The summed E-state index contributed by atoms with van der Waals surface area (Å²) >= 11 is 0. The van der Waals surface area contributed by atoms with Gasteiger partial charge in [0.25, 0.3) is 0 Å². The van der Waals surface area contributed by atoms with Crippen molar-refractivity contribution in [1.82, 2.24) is 10.6 Å². The van der Waals surface area contributed by atoms with E-state index in [1.807, 2.05) is 0 Å². The van der Waals surface area contributed by atoms with E-state index in [9.17, 15) is 4.79 Å². The van der Waals surface area contributed by atoms with E-state index in [1.165, 1.54) is 25.7 Å². The Bertz CT molecular complexity index is 211. The van der Waals surface area contributed by atoms with Gasteiger partial charge in [0.15, 0.2) is 0 Å². The summed E-state index contributed by atoms with van der Waals surface area (Å²) in [5.41, 5.74) is 0. The molecule has 2 N–H and O–H groups in total. The maximum atomic E-state index is 11.6. The predicted octanol–water partition coefficient (Wildman–Crippen LogP) is 1.71. The third-order valence-corrected chi connectivity index (χ3v) is 3.45. The number of halogens is 1. The summed E-state index contributed by atoms with van der Waals surface area (Å²) in [7, 11) is 0. The van der Waals surface area contributed by atoms with Crippen LogP contribution in [-0.4, -0.2) is 25.5 Å². The molecule has 1 atom stereocenters. The fraction of sp³-hybridized carbons (Fsp3) is 0.917. The minimum absolute atomic E-state index is 0. The minimum Gasteiger partial charge on any atom is -0.356 e. The van der Waals surface area contributed by atoms with Crippen molar-refractivity contribution in [2.45, 2.75) is 38.5 Å². The number of amides is 1. The van der Waals surface area contributed by atoms with Crippen molar-refractivity contribution in [2.24, 2.45) is 11.8 Å². The zero-order chi connectivity index (χ0) is 10.5. The summed E-state index contributed by atoms with van der Waals surface area (Å²) in [6.45, 7) is 3.13. The van der Waals surface area contributed by atoms with Crippen LogP contribution in [0.15, 0.2) is 0 Å². The Morgan fingerprint density at radius 3 is 2.69 bits per heavy atom. The summed E-state index contributed by atoms with van der Waals surface area (Å²) in [6, 6.07) is 0. The van der Waals surface area contributed by atoms with Gasteiger partial charge in [0.05, 0.1) is 0 Å². The molecule has 4 heteroatoms. The largest absolute Gasteiger partial charge is 0.356 e. The highest BCUT2D eigenvalue weighted by molar-refractivity contribution is 5.85. The van der Waals surface area contributed by atoms with Gasteiger partial charge in [-0.2, -0.15) is 0 Å². The van der Waals surface area contributed by atoms with Crippen molar-refractivity contribution in [3.8, 4) is 0 Å². The second-order valence-electron chi connectivity index (χ2n) is 5.00. The smallest absolute Gasteiger partial charge is 0.220 e. The molecule has 1 amide bonds. The normalized spacial score (nSPS) is 25.4. The van der Waals surface area contributed by atoms with Crippen molar-refractivity contribution >= 4 is 18.3 Å². The average Bonchev–Trinajstić information content (AvgIpc) is 3.03. The first-order valence-electron chi connectivity index (χ1n) is 6.32. The molecule has 1 aliphatic carbocycles. The number of rotatable bonds is 4. The standard InChI is InChI=1S/C12H22N2O.ClH/c15-12(14-9-11-3-4-11)8-10-2-1-6-13-7-5-10;/h10-11,13H,1-9H2,(H,14,15);1H. The Morgan fingerprint density at radius 1 is 1.12 bits per heavy atom. The molecule has 2 aliphatic rings. The lowest BCUT2D eigenvalue weighted by atomic mass is 9.96. The Morgan fingerprint density at radius 2 is 1.94 bits per heavy atom. The monoisotopic (exact) mass is 246 g/mol. The van der Waals surface area contributed by atoms with Gasteiger partial charge in [0.1, 0.15) is 0 Å². The lowest BCUT2D eigenvalue weighted by molar-refractivity contribution is -0.122. The average molecular weight is 247 g/mol. The number of hydrogen-bond donors (Lipinski definition) is 2. The van der Waals surface area contributed by atoms with E-state index in [0.29, 0.717) is 5.92 Å². The Labute approximate surface area is 104 Å². The number of nitrogens with one attached hydrogen (secondary N) is 2. The Hall–Kier alpha value is -0.280. The van der Waals surface area contributed by atoms with Gasteiger partial charge in [-0.25, -0.2) is 0 Å². The van der Waals surface area contributed by atoms with E-state index >= 15 is 0 Å². The van der Waals surface area contributed by atoms with Crippen molar-refractivity contribution in [3.05, 3.63) is 0 Å². The SMILES string of the molecule is Cl.O=C(CC1CCCNCC1)NCC1CC1. The third-order valence-electron chi connectivity index (χ3n) is 3.45. The van der Waals surface area contributed by atoms with Gasteiger partial charge in [-0.05, 0) is 57.0 Å². The second-order valence-corrected chi connectivity index (χ2v) is 5.00. The van der Waals surface area contributed by atoms with E-state index in [0.717, 1.165) is 38.4 Å². The van der Waals surface area contributed by atoms with Crippen LogP contribution in [-0.2, 0) is 4.79 Å². The van der Waals surface area contributed by atoms with Crippen LogP contribution in [0.2, 0.25) is 0 Å². The maximum Gasteiger partial charge on any atom is 0.220 e. The number of hydrogen-bond acceptors (Lipinski definition) is 2. The third kappa shape index (κ3) is 5.17. The van der Waals surface area contributed by atoms with Gasteiger partial charge in [-0.15, -0.1) is 12.4 Å². The molecular formula is C12H23ClN2O. The fourth-order valence-electron chi connectivity index (χ4n) is 2.21. The van der Waals surface area contributed by atoms with Crippen molar-refractivity contribution in [1.29, 1.82) is 0 Å². The minimum atomic E-state index is 0. The lowest BCUT2D eigenvalue weighted by Gasteiger charge is -2.13. The van der Waals surface area contributed by atoms with Crippen LogP contribution in [0, 0.1) is 11.8 Å². The molecule has 0 aromatic heterocycles. The first-order chi connectivity index (χ1) is 7.34. The van der Waals surface area contributed by atoms with Crippen molar-refractivity contribution in [2.75, 3.05) is 19.6 Å². The van der Waals surface area contributed by atoms with Crippen LogP contribution in [0.25, 0.3) is 0 Å². The van der Waals surface area contributed by atoms with E-state index in [-0.39, 0.29) is 18.3 Å². The molecule has 2 rings (SSSR count). The van der Waals surface area contributed by atoms with Crippen LogP contribution < -0.4 is 10.6 Å². The molecule has 1 aliphatic heterocycles. The molecule has 0 aromatic carbocycles. The maximum absolute atomic E-state index is 11.6. The molecule has 3 nitrogen and oxygen atoms in total. The molecule has 1 saturated carbocycles. The molecule has 0 bridgehead atoms. The quantitative estimate of drug-likeness (QED) is 0.793. The van der Waals surface area contributed by atoms with Gasteiger partial charge < -0.3 is 10.6 Å². The zero-order valence-corrected chi connectivity index (χ0v) is 10.7. The van der Waals surface area contributed by atoms with Crippen molar-refractivity contribution in [3.63, 3.8) is 0 Å². The Kier molecular flexibility index (Phi) is 6.14. The van der Waals surface area contributed by atoms with E-state index in [1.54, 1.807) is 0 Å². The van der Waals surface area contributed by atoms with E-state index in [4.69, 9.17) is 0 Å². The molecule has 0 aromatic rings. The molecular weight excluding hydrogens is 224 g/mol. The summed E-state index contributed by atoms with van der Waals surface area (Å²) < 4.78 is 0. The Balaban J connectivity index is 0.00000128. The number of carbonyl (C=O) groups is 1. The van der Waals surface area contributed by atoms with Crippen molar-refractivity contribution < 1.29 is 4.79 Å². The summed E-state index contributed by atoms with van der Waals surface area (Å²) in [5.74, 6) is 1.68. The molecule has 16 heavy (non-hydrogen) atoms. The summed E-state index contributed by atoms with van der Waals surface area (Å²) in [6.07, 6.45) is 6.97. The molecule has 2 fully saturated rings. The predicted molar refractivity (Wildman–Crippen MR) is 67.8 cm³/mol. The van der Waals surface area contributed by atoms with Crippen LogP contribution in [0.4, 0.5) is 0 Å². The second kappa shape index (κ2) is 7.13. The van der Waals surface area contributed by atoms with E-state index in [2.05, 4.69) is 10.6 Å². The highest BCUT2D eigenvalue weighted by Crippen LogP contribution is 2.27. The van der Waals surface area contributed by atoms with Gasteiger partial charge in [0, 0.05) is 13.0 Å². The summed E-state index contributed by atoms with van der Waals surface area (Å²) in [4.78, 5) is 11.6. The van der Waals surface area contributed by atoms with Crippen LogP contribution in [0.1, 0.15) is 38.5 Å². The topological polar surface area (TPSA) is 41.1 Å². The molecule has 1 saturated heterocycles. The fourth-order valence-corrected chi connectivity index (χ4v) is 2.21. The molecule has 0 radical (unpaired) electrons.